The molecular formula is C18H19ClFNO3. The second-order valence-corrected chi connectivity index (χ2v) is 5.91. The molecule has 0 aliphatic carbocycles. The molecule has 24 heavy (non-hydrogen) atoms. The van der Waals surface area contributed by atoms with Crippen LogP contribution >= 0.6 is 11.6 Å². The third-order valence-corrected chi connectivity index (χ3v) is 3.45. The van der Waals surface area contributed by atoms with Crippen LogP contribution in [0.3, 0.4) is 0 Å². The summed E-state index contributed by atoms with van der Waals surface area (Å²) >= 11 is 6.13. The highest BCUT2D eigenvalue weighted by atomic mass is 35.5. The van der Waals surface area contributed by atoms with E-state index in [9.17, 15) is 9.18 Å². The molecule has 2 aromatic rings. The van der Waals surface area contributed by atoms with Crippen LogP contribution in [0.15, 0.2) is 36.4 Å². The Balaban J connectivity index is 2.02. The number of nitrogens with one attached hydrogen (secondary N) is 1. The van der Waals surface area contributed by atoms with Gasteiger partial charge in [0, 0.05) is 5.69 Å². The molecule has 0 saturated carbocycles. The number of halogens is 2. The molecule has 2 rings (SSSR count). The monoisotopic (exact) mass is 351 g/mol. The van der Waals surface area contributed by atoms with E-state index in [1.165, 1.54) is 19.2 Å². The second-order valence-electron chi connectivity index (χ2n) is 5.51. The molecule has 0 radical (unpaired) electrons. The van der Waals surface area contributed by atoms with E-state index in [-0.39, 0.29) is 24.2 Å². The lowest BCUT2D eigenvalue weighted by Gasteiger charge is -2.13. The van der Waals surface area contributed by atoms with Crippen molar-refractivity contribution in [2.75, 3.05) is 12.4 Å². The molecule has 0 atom stereocenters. The van der Waals surface area contributed by atoms with Crippen molar-refractivity contribution in [1.29, 1.82) is 0 Å². The summed E-state index contributed by atoms with van der Waals surface area (Å²) < 4.78 is 24.0. The Labute approximate surface area is 145 Å². The van der Waals surface area contributed by atoms with Crippen molar-refractivity contribution in [3.8, 4) is 11.5 Å². The highest BCUT2D eigenvalue weighted by Gasteiger charge is 2.10. The molecule has 4 nitrogen and oxygen atoms in total. The molecule has 0 unspecified atom stereocenters. The number of methoxy groups -OCH3 is 1. The number of ether oxygens (including phenoxy) is 2. The molecule has 0 spiro atoms. The molecule has 2 aromatic carbocycles. The van der Waals surface area contributed by atoms with Crippen molar-refractivity contribution in [3.05, 3.63) is 52.8 Å². The van der Waals surface area contributed by atoms with Crippen LogP contribution in [-0.4, -0.2) is 19.1 Å². The van der Waals surface area contributed by atoms with Gasteiger partial charge in [-0.15, -0.1) is 0 Å². The van der Waals surface area contributed by atoms with Gasteiger partial charge in [0.2, 0.25) is 5.91 Å². The minimum Gasteiger partial charge on any atom is -0.494 e. The average Bonchev–Trinajstić information content (AvgIpc) is 2.50. The molecule has 0 bridgehead atoms. The topological polar surface area (TPSA) is 47.6 Å². The predicted octanol–water partition coefficient (Wildman–Crippen LogP) is 4.46. The van der Waals surface area contributed by atoms with Crippen molar-refractivity contribution in [1.82, 2.24) is 0 Å². The van der Waals surface area contributed by atoms with Crippen LogP contribution in [0.1, 0.15) is 19.4 Å². The van der Waals surface area contributed by atoms with Gasteiger partial charge >= 0.3 is 0 Å². The van der Waals surface area contributed by atoms with Gasteiger partial charge in [-0.05, 0) is 49.7 Å². The van der Waals surface area contributed by atoms with Crippen LogP contribution in [0.25, 0.3) is 0 Å². The maximum absolute atomic E-state index is 13.6. The first-order valence-corrected chi connectivity index (χ1v) is 7.85. The van der Waals surface area contributed by atoms with Crippen molar-refractivity contribution >= 4 is 23.2 Å². The van der Waals surface area contributed by atoms with E-state index < -0.39 is 5.82 Å². The average molecular weight is 352 g/mol. The Morgan fingerprint density at radius 3 is 2.50 bits per heavy atom. The molecule has 1 N–H and O–H groups in total. The van der Waals surface area contributed by atoms with Gasteiger partial charge in [-0.2, -0.15) is 0 Å². The SMILES string of the molecule is COc1ccc(CC(=O)Nc2ccc(OC(C)C)c(Cl)c2)cc1F. The number of benzene rings is 2. The summed E-state index contributed by atoms with van der Waals surface area (Å²) in [6, 6.07) is 9.44. The summed E-state index contributed by atoms with van der Waals surface area (Å²) in [5.41, 5.74) is 1.10. The summed E-state index contributed by atoms with van der Waals surface area (Å²) in [7, 11) is 1.39. The fraction of sp³-hybridized carbons (Fsp3) is 0.278. The van der Waals surface area contributed by atoms with E-state index >= 15 is 0 Å². The number of carbonyl (C=O) groups is 1. The minimum absolute atomic E-state index is 0.00732. The quantitative estimate of drug-likeness (QED) is 0.836. The molecule has 1 amide bonds. The zero-order valence-corrected chi connectivity index (χ0v) is 14.5. The molecule has 0 saturated heterocycles. The number of hydrogen-bond acceptors (Lipinski definition) is 3. The van der Waals surface area contributed by atoms with Gasteiger partial charge in [-0.25, -0.2) is 4.39 Å². The second kappa shape index (κ2) is 8.02. The number of rotatable bonds is 6. The molecular weight excluding hydrogens is 333 g/mol. The van der Waals surface area contributed by atoms with Crippen molar-refractivity contribution in [2.24, 2.45) is 0 Å². The molecule has 0 aliphatic rings. The van der Waals surface area contributed by atoms with Gasteiger partial charge < -0.3 is 14.8 Å². The zero-order chi connectivity index (χ0) is 17.7. The molecule has 0 fully saturated rings. The van der Waals surface area contributed by atoms with Gasteiger partial charge in [0.25, 0.3) is 0 Å². The number of amides is 1. The van der Waals surface area contributed by atoms with Crippen LogP contribution < -0.4 is 14.8 Å². The Hall–Kier alpha value is -2.27. The van der Waals surface area contributed by atoms with E-state index in [4.69, 9.17) is 21.1 Å². The van der Waals surface area contributed by atoms with Crippen LogP contribution in [-0.2, 0) is 11.2 Å². The first-order chi connectivity index (χ1) is 11.4. The zero-order valence-electron chi connectivity index (χ0n) is 13.7. The predicted molar refractivity (Wildman–Crippen MR) is 92.5 cm³/mol. The molecule has 0 aliphatic heterocycles. The maximum atomic E-state index is 13.6. The van der Waals surface area contributed by atoms with Crippen molar-refractivity contribution in [2.45, 2.75) is 26.4 Å². The number of carbonyl (C=O) groups excluding carboxylic acids is 1. The number of anilines is 1. The summed E-state index contributed by atoms with van der Waals surface area (Å²) in [5.74, 6) is -0.0669. The lowest BCUT2D eigenvalue weighted by atomic mass is 10.1. The van der Waals surface area contributed by atoms with Gasteiger partial charge in [0.05, 0.1) is 24.7 Å². The fourth-order valence-corrected chi connectivity index (χ4v) is 2.36. The standard InChI is InChI=1S/C18H19ClFNO3/c1-11(2)24-16-7-5-13(10-14(16)19)21-18(22)9-12-4-6-17(23-3)15(20)8-12/h4-8,10-11H,9H2,1-3H3,(H,21,22). The Bertz CT molecular complexity index is 734. The Morgan fingerprint density at radius 1 is 1.21 bits per heavy atom. The van der Waals surface area contributed by atoms with E-state index in [1.54, 1.807) is 24.3 Å². The smallest absolute Gasteiger partial charge is 0.228 e. The number of hydrogen-bond donors (Lipinski definition) is 1. The van der Waals surface area contributed by atoms with E-state index in [0.29, 0.717) is 22.0 Å². The Kier molecular flexibility index (Phi) is 6.04. The summed E-state index contributed by atoms with van der Waals surface area (Å²) in [4.78, 5) is 12.1. The summed E-state index contributed by atoms with van der Waals surface area (Å²) in [6.45, 7) is 3.81. The first-order valence-electron chi connectivity index (χ1n) is 7.47. The molecule has 0 aromatic heterocycles. The van der Waals surface area contributed by atoms with E-state index in [0.717, 1.165) is 0 Å². The Morgan fingerprint density at radius 2 is 1.92 bits per heavy atom. The van der Waals surface area contributed by atoms with Gasteiger partial charge in [0.1, 0.15) is 5.75 Å². The molecule has 6 heteroatoms. The van der Waals surface area contributed by atoms with Gasteiger partial charge in [-0.3, -0.25) is 4.79 Å². The third kappa shape index (κ3) is 4.86. The van der Waals surface area contributed by atoms with Crippen LogP contribution in [0.4, 0.5) is 10.1 Å². The normalized spacial score (nSPS) is 10.6. The van der Waals surface area contributed by atoms with Crippen LogP contribution in [0.5, 0.6) is 11.5 Å². The minimum atomic E-state index is -0.499. The van der Waals surface area contributed by atoms with Gasteiger partial charge in [0.15, 0.2) is 11.6 Å². The maximum Gasteiger partial charge on any atom is 0.228 e. The van der Waals surface area contributed by atoms with E-state index in [1.807, 2.05) is 13.8 Å². The summed E-state index contributed by atoms with van der Waals surface area (Å²) in [5, 5.41) is 3.14. The van der Waals surface area contributed by atoms with E-state index in [2.05, 4.69) is 5.32 Å². The van der Waals surface area contributed by atoms with Crippen molar-refractivity contribution in [3.63, 3.8) is 0 Å². The third-order valence-electron chi connectivity index (χ3n) is 3.16. The highest BCUT2D eigenvalue weighted by molar-refractivity contribution is 6.32. The highest BCUT2D eigenvalue weighted by Crippen LogP contribution is 2.28. The van der Waals surface area contributed by atoms with Crippen molar-refractivity contribution < 1.29 is 18.7 Å². The first kappa shape index (κ1) is 18.1. The van der Waals surface area contributed by atoms with Crippen LogP contribution in [0, 0.1) is 5.82 Å². The lowest BCUT2D eigenvalue weighted by Crippen LogP contribution is -2.14. The molecule has 128 valence electrons. The van der Waals surface area contributed by atoms with Crippen LogP contribution in [0.2, 0.25) is 5.02 Å². The molecule has 0 heterocycles. The summed E-state index contributed by atoms with van der Waals surface area (Å²) in [6.07, 6.45) is 0.0517. The van der Waals surface area contributed by atoms with Gasteiger partial charge in [-0.1, -0.05) is 17.7 Å². The lowest BCUT2D eigenvalue weighted by molar-refractivity contribution is -0.115. The fourth-order valence-electron chi connectivity index (χ4n) is 2.14. The largest absolute Gasteiger partial charge is 0.494 e.